The van der Waals surface area contributed by atoms with E-state index in [4.69, 9.17) is 14.4 Å². The van der Waals surface area contributed by atoms with Crippen LogP contribution in [0.1, 0.15) is 0 Å². The third-order valence-corrected chi connectivity index (χ3v) is 12.0. The highest BCUT2D eigenvalue weighted by atomic mass is 16.3. The first-order valence-electron chi connectivity index (χ1n) is 21.0. The maximum atomic E-state index is 6.39. The molecule has 0 saturated heterocycles. The van der Waals surface area contributed by atoms with Gasteiger partial charge < -0.3 is 8.98 Å². The van der Waals surface area contributed by atoms with Crippen LogP contribution in [0.15, 0.2) is 229 Å². The molecule has 12 aromatic rings. The summed E-state index contributed by atoms with van der Waals surface area (Å²) in [6.07, 6.45) is 0. The Morgan fingerprint density at radius 1 is 0.355 bits per heavy atom. The second kappa shape index (κ2) is 14.7. The first-order valence-corrected chi connectivity index (χ1v) is 21.0. The summed E-state index contributed by atoms with van der Waals surface area (Å²) in [5.74, 6) is 0.657. The Morgan fingerprint density at radius 2 is 0.919 bits per heavy atom. The van der Waals surface area contributed by atoms with Crippen LogP contribution >= 0.6 is 0 Å². The Kier molecular flexibility index (Phi) is 8.46. The fraction of sp³-hybridized carbons (Fsp3) is 0. The molecule has 9 aromatic carbocycles. The molecule has 0 saturated carbocycles. The van der Waals surface area contributed by atoms with E-state index in [9.17, 15) is 0 Å². The van der Waals surface area contributed by atoms with Crippen molar-refractivity contribution < 1.29 is 4.42 Å². The number of benzene rings is 9. The molecule has 0 fully saturated rings. The standard InChI is InChI=1S/C58H37N3O/c1-4-16-38(17-5-1)43-24-14-27-47(36-43)61-51-33-32-44(39-18-6-2-7-19-39)37-50(51)54-48(29-15-30-52(54)61)45-25-12-22-41(34-45)42-23-13-26-46(35-42)58-59-55(40-20-8-3-9-21-40)57-56(60-58)49-28-10-11-31-53(49)62-57/h1-37H. The molecule has 0 aliphatic heterocycles. The summed E-state index contributed by atoms with van der Waals surface area (Å²) in [6, 6.07) is 79.5. The van der Waals surface area contributed by atoms with E-state index in [-0.39, 0.29) is 0 Å². The van der Waals surface area contributed by atoms with E-state index in [1.54, 1.807) is 0 Å². The Morgan fingerprint density at radius 3 is 1.66 bits per heavy atom. The summed E-state index contributed by atoms with van der Waals surface area (Å²) in [5.41, 5.74) is 17.8. The van der Waals surface area contributed by atoms with E-state index in [1.165, 1.54) is 44.1 Å². The molecule has 4 nitrogen and oxygen atoms in total. The summed E-state index contributed by atoms with van der Waals surface area (Å²) in [4.78, 5) is 10.3. The van der Waals surface area contributed by atoms with Gasteiger partial charge in [0.15, 0.2) is 11.4 Å². The van der Waals surface area contributed by atoms with Gasteiger partial charge >= 0.3 is 0 Å². The molecule has 0 aliphatic rings. The number of rotatable bonds is 7. The van der Waals surface area contributed by atoms with Crippen LogP contribution in [0, 0.1) is 0 Å². The fourth-order valence-corrected chi connectivity index (χ4v) is 9.07. The van der Waals surface area contributed by atoms with Crippen LogP contribution in [-0.4, -0.2) is 14.5 Å². The van der Waals surface area contributed by atoms with Crippen molar-refractivity contribution in [2.24, 2.45) is 0 Å². The van der Waals surface area contributed by atoms with Crippen molar-refractivity contribution >= 4 is 43.9 Å². The number of hydrogen-bond acceptors (Lipinski definition) is 3. The quantitative estimate of drug-likeness (QED) is 0.161. The van der Waals surface area contributed by atoms with Crippen LogP contribution in [0.5, 0.6) is 0 Å². The summed E-state index contributed by atoms with van der Waals surface area (Å²) in [7, 11) is 0. The summed E-state index contributed by atoms with van der Waals surface area (Å²) in [6.45, 7) is 0. The lowest BCUT2D eigenvalue weighted by atomic mass is 9.94. The maximum Gasteiger partial charge on any atom is 0.180 e. The Bertz CT molecular complexity index is 3620. The van der Waals surface area contributed by atoms with Crippen molar-refractivity contribution in [3.63, 3.8) is 0 Å². The molecule has 0 radical (unpaired) electrons. The molecule has 3 aromatic heterocycles. The number of hydrogen-bond donors (Lipinski definition) is 0. The molecule has 290 valence electrons. The highest BCUT2D eigenvalue weighted by Gasteiger charge is 2.20. The van der Waals surface area contributed by atoms with Gasteiger partial charge in [-0.3, -0.25) is 0 Å². The van der Waals surface area contributed by atoms with Crippen LogP contribution in [0.3, 0.4) is 0 Å². The lowest BCUT2D eigenvalue weighted by molar-refractivity contribution is 0.667. The zero-order valence-electron chi connectivity index (χ0n) is 33.6. The second-order valence-electron chi connectivity index (χ2n) is 15.7. The Hall–Kier alpha value is -8.34. The van der Waals surface area contributed by atoms with Crippen molar-refractivity contribution in [1.29, 1.82) is 0 Å². The Balaban J connectivity index is 1.01. The van der Waals surface area contributed by atoms with Crippen molar-refractivity contribution in [1.82, 2.24) is 14.5 Å². The number of fused-ring (bicyclic) bond motifs is 6. The van der Waals surface area contributed by atoms with E-state index < -0.39 is 0 Å². The van der Waals surface area contributed by atoms with Gasteiger partial charge in [-0.2, -0.15) is 0 Å². The highest BCUT2D eigenvalue weighted by Crippen LogP contribution is 2.42. The lowest BCUT2D eigenvalue weighted by Crippen LogP contribution is -1.94. The topological polar surface area (TPSA) is 43.9 Å². The average Bonchev–Trinajstić information content (AvgIpc) is 3.90. The van der Waals surface area contributed by atoms with Crippen LogP contribution < -0.4 is 0 Å². The van der Waals surface area contributed by atoms with Crippen molar-refractivity contribution in [2.45, 2.75) is 0 Å². The van der Waals surface area contributed by atoms with E-state index in [0.29, 0.717) is 11.4 Å². The SMILES string of the molecule is c1ccc(-c2cccc(-n3c4ccc(-c5ccccc5)cc4c4c(-c5cccc(-c6cccc(-c7nc(-c8ccccc8)c8oc9ccccc9c8n7)c6)c5)cccc43)c2)cc1. The monoisotopic (exact) mass is 791 g/mol. The van der Waals surface area contributed by atoms with Gasteiger partial charge in [0.2, 0.25) is 0 Å². The Labute approximate surface area is 358 Å². The molecular formula is C58H37N3O. The van der Waals surface area contributed by atoms with Crippen molar-refractivity contribution in [3.8, 4) is 72.8 Å². The van der Waals surface area contributed by atoms with E-state index in [2.05, 4.69) is 193 Å². The van der Waals surface area contributed by atoms with Crippen LogP contribution in [0.2, 0.25) is 0 Å². The van der Waals surface area contributed by atoms with Gasteiger partial charge in [0.25, 0.3) is 0 Å². The van der Waals surface area contributed by atoms with E-state index in [0.717, 1.165) is 61.2 Å². The molecular weight excluding hydrogens is 755 g/mol. The first kappa shape index (κ1) is 35.6. The van der Waals surface area contributed by atoms with E-state index in [1.807, 2.05) is 36.4 Å². The van der Waals surface area contributed by atoms with Crippen molar-refractivity contribution in [2.75, 3.05) is 0 Å². The van der Waals surface area contributed by atoms with Crippen LogP contribution in [0.4, 0.5) is 0 Å². The van der Waals surface area contributed by atoms with Gasteiger partial charge in [-0.1, -0.05) is 170 Å². The minimum absolute atomic E-state index is 0.657. The number of nitrogens with zero attached hydrogens (tertiary/aromatic N) is 3. The zero-order valence-corrected chi connectivity index (χ0v) is 33.6. The van der Waals surface area contributed by atoms with Gasteiger partial charge in [0.05, 0.1) is 11.0 Å². The minimum atomic E-state index is 0.657. The summed E-state index contributed by atoms with van der Waals surface area (Å²) < 4.78 is 8.81. The molecule has 62 heavy (non-hydrogen) atoms. The molecule has 4 heteroatoms. The molecule has 0 spiro atoms. The molecule has 12 rings (SSSR count). The van der Waals surface area contributed by atoms with Gasteiger partial charge in [-0.05, 0) is 99.1 Å². The average molecular weight is 792 g/mol. The number of aromatic nitrogens is 3. The summed E-state index contributed by atoms with van der Waals surface area (Å²) in [5, 5.41) is 3.41. The lowest BCUT2D eigenvalue weighted by Gasteiger charge is -2.12. The normalized spacial score (nSPS) is 11.5. The van der Waals surface area contributed by atoms with Gasteiger partial charge in [0, 0.05) is 33.0 Å². The van der Waals surface area contributed by atoms with Crippen LogP contribution in [-0.2, 0) is 0 Å². The smallest absolute Gasteiger partial charge is 0.180 e. The predicted octanol–water partition coefficient (Wildman–Crippen LogP) is 15.5. The minimum Gasteiger partial charge on any atom is -0.452 e. The third kappa shape index (κ3) is 6.08. The van der Waals surface area contributed by atoms with E-state index >= 15 is 0 Å². The zero-order chi connectivity index (χ0) is 41.0. The number of furan rings is 1. The van der Waals surface area contributed by atoms with Gasteiger partial charge in [0.1, 0.15) is 16.8 Å². The first-order chi connectivity index (χ1) is 30.7. The molecule has 0 aliphatic carbocycles. The van der Waals surface area contributed by atoms with Gasteiger partial charge in [-0.25, -0.2) is 9.97 Å². The number of para-hydroxylation sites is 1. The summed E-state index contributed by atoms with van der Waals surface area (Å²) >= 11 is 0. The molecule has 0 unspecified atom stereocenters. The third-order valence-electron chi connectivity index (χ3n) is 12.0. The van der Waals surface area contributed by atoms with Gasteiger partial charge in [-0.15, -0.1) is 0 Å². The largest absolute Gasteiger partial charge is 0.452 e. The molecule has 0 amide bonds. The van der Waals surface area contributed by atoms with Crippen molar-refractivity contribution in [3.05, 3.63) is 224 Å². The molecule has 0 atom stereocenters. The molecule has 0 bridgehead atoms. The predicted molar refractivity (Wildman–Crippen MR) is 256 cm³/mol. The van der Waals surface area contributed by atoms with Crippen LogP contribution in [0.25, 0.3) is 117 Å². The molecule has 0 N–H and O–H groups in total. The maximum absolute atomic E-state index is 6.39. The second-order valence-corrected chi connectivity index (χ2v) is 15.7. The highest BCUT2D eigenvalue weighted by molar-refractivity contribution is 6.17. The fourth-order valence-electron chi connectivity index (χ4n) is 9.07. The molecule has 3 heterocycles.